The molecule has 170 valence electrons. The summed E-state index contributed by atoms with van der Waals surface area (Å²) in [5.74, 6) is 1.06. The Hall–Kier alpha value is -2.38. The molecule has 1 aliphatic carbocycles. The molecule has 3 fully saturated rings. The minimum Gasteiger partial charge on any atom is -0.369 e. The number of nitrogens with zero attached hydrogens (tertiary/aromatic N) is 3. The summed E-state index contributed by atoms with van der Waals surface area (Å²) in [6.07, 6.45) is 4.25. The van der Waals surface area contributed by atoms with Gasteiger partial charge in [0.2, 0.25) is 5.91 Å². The van der Waals surface area contributed by atoms with Crippen molar-refractivity contribution in [2.45, 2.75) is 25.7 Å². The summed E-state index contributed by atoms with van der Waals surface area (Å²) in [5.41, 5.74) is 2.05. The fourth-order valence-corrected chi connectivity index (χ4v) is 5.47. The first-order valence-corrected chi connectivity index (χ1v) is 12.7. The van der Waals surface area contributed by atoms with Crippen molar-refractivity contribution < 1.29 is 9.59 Å². The second-order valence-corrected chi connectivity index (χ2v) is 10.3. The third-order valence-corrected chi connectivity index (χ3v) is 7.81. The van der Waals surface area contributed by atoms with E-state index in [-0.39, 0.29) is 17.7 Å². The van der Waals surface area contributed by atoms with Gasteiger partial charge in [0.05, 0.1) is 4.88 Å². The van der Waals surface area contributed by atoms with Gasteiger partial charge in [0.1, 0.15) is 0 Å². The zero-order valence-corrected chi connectivity index (χ0v) is 19.4. The van der Waals surface area contributed by atoms with Gasteiger partial charge in [0.15, 0.2) is 0 Å². The topological polar surface area (TPSA) is 55.9 Å². The number of benzene rings is 1. The summed E-state index contributed by atoms with van der Waals surface area (Å²) in [5, 5.41) is 5.05. The fourth-order valence-electron chi connectivity index (χ4n) is 4.78. The average molecular weight is 453 g/mol. The van der Waals surface area contributed by atoms with E-state index in [1.165, 1.54) is 36.4 Å². The van der Waals surface area contributed by atoms with E-state index in [4.69, 9.17) is 0 Å². The molecule has 5 rings (SSSR count). The molecule has 0 bridgehead atoms. The molecule has 2 aromatic rings. The monoisotopic (exact) mass is 452 g/mol. The number of nitrogens with one attached hydrogen (secondary N) is 1. The Morgan fingerprint density at radius 1 is 0.938 bits per heavy atom. The van der Waals surface area contributed by atoms with Gasteiger partial charge in [0, 0.05) is 63.1 Å². The smallest absolute Gasteiger partial charge is 0.263 e. The number of amides is 2. The van der Waals surface area contributed by atoms with Gasteiger partial charge in [0.25, 0.3) is 5.91 Å². The molecule has 32 heavy (non-hydrogen) atoms. The minimum atomic E-state index is -0.0444. The number of anilines is 2. The predicted octanol–water partition coefficient (Wildman–Crippen LogP) is 3.77. The molecule has 7 heteroatoms. The Morgan fingerprint density at radius 2 is 1.72 bits per heavy atom. The summed E-state index contributed by atoms with van der Waals surface area (Å²) >= 11 is 1.47. The summed E-state index contributed by atoms with van der Waals surface area (Å²) in [6, 6.07) is 12.0. The zero-order valence-electron chi connectivity index (χ0n) is 18.5. The molecular weight excluding hydrogens is 420 g/mol. The second-order valence-electron chi connectivity index (χ2n) is 9.31. The van der Waals surface area contributed by atoms with Crippen LogP contribution in [0.25, 0.3) is 0 Å². The van der Waals surface area contributed by atoms with Crippen molar-refractivity contribution in [1.82, 2.24) is 9.80 Å². The van der Waals surface area contributed by atoms with Crippen LogP contribution >= 0.6 is 11.3 Å². The highest BCUT2D eigenvalue weighted by Crippen LogP contribution is 2.30. The van der Waals surface area contributed by atoms with Gasteiger partial charge in [-0.1, -0.05) is 12.1 Å². The van der Waals surface area contributed by atoms with Gasteiger partial charge in [-0.05, 0) is 61.2 Å². The highest BCUT2D eigenvalue weighted by molar-refractivity contribution is 7.12. The largest absolute Gasteiger partial charge is 0.369 e. The first-order chi connectivity index (χ1) is 15.7. The van der Waals surface area contributed by atoms with E-state index in [0.717, 1.165) is 42.7 Å². The van der Waals surface area contributed by atoms with Crippen molar-refractivity contribution >= 4 is 34.5 Å². The Balaban J connectivity index is 1.11. The molecule has 1 aromatic heterocycles. The first kappa shape index (κ1) is 21.5. The molecule has 2 amide bonds. The number of carbonyl (C=O) groups excluding carboxylic acids is 2. The number of hydrogen-bond donors (Lipinski definition) is 1. The summed E-state index contributed by atoms with van der Waals surface area (Å²) in [7, 11) is 0. The average Bonchev–Trinajstić information content (AvgIpc) is 3.47. The summed E-state index contributed by atoms with van der Waals surface area (Å²) in [4.78, 5) is 33.1. The van der Waals surface area contributed by atoms with Crippen LogP contribution in [0.15, 0.2) is 41.8 Å². The molecule has 0 unspecified atom stereocenters. The molecular formula is C25H32N4O2S. The van der Waals surface area contributed by atoms with Crippen molar-refractivity contribution in [3.63, 3.8) is 0 Å². The molecule has 2 saturated heterocycles. The zero-order chi connectivity index (χ0) is 21.9. The van der Waals surface area contributed by atoms with E-state index in [2.05, 4.69) is 27.2 Å². The predicted molar refractivity (Wildman–Crippen MR) is 129 cm³/mol. The van der Waals surface area contributed by atoms with Crippen molar-refractivity contribution in [3.8, 4) is 0 Å². The highest BCUT2D eigenvalue weighted by atomic mass is 32.1. The van der Waals surface area contributed by atoms with Crippen LogP contribution in [0, 0.1) is 11.8 Å². The number of likely N-dealkylation sites (tertiary alicyclic amines) is 1. The second kappa shape index (κ2) is 9.63. The lowest BCUT2D eigenvalue weighted by atomic mass is 9.95. The standard InChI is InChI=1S/C25H32N4O2S/c30-24(20-8-10-29(11-9-20)25(31)23-5-2-16-32-23)26-21-3-1-4-22(17-21)28-14-12-27(13-15-28)18-19-6-7-19/h1-5,16-17,19-20H,6-15,18H2,(H,26,30). The Bertz CT molecular complexity index is 927. The molecule has 1 N–H and O–H groups in total. The maximum absolute atomic E-state index is 12.9. The van der Waals surface area contributed by atoms with Crippen LogP contribution in [0.4, 0.5) is 11.4 Å². The highest BCUT2D eigenvalue weighted by Gasteiger charge is 2.29. The molecule has 1 aromatic carbocycles. The van der Waals surface area contributed by atoms with Crippen LogP contribution < -0.4 is 10.2 Å². The first-order valence-electron chi connectivity index (χ1n) is 11.9. The van der Waals surface area contributed by atoms with Gasteiger partial charge in [-0.15, -0.1) is 11.3 Å². The Kier molecular flexibility index (Phi) is 6.46. The van der Waals surface area contributed by atoms with E-state index >= 15 is 0 Å². The van der Waals surface area contributed by atoms with E-state index in [1.807, 2.05) is 34.5 Å². The molecule has 0 spiro atoms. The molecule has 3 heterocycles. The van der Waals surface area contributed by atoms with E-state index in [0.29, 0.717) is 25.9 Å². The van der Waals surface area contributed by atoms with Gasteiger partial charge >= 0.3 is 0 Å². The van der Waals surface area contributed by atoms with Gasteiger partial charge in [-0.3, -0.25) is 14.5 Å². The number of carbonyl (C=O) groups is 2. The third-order valence-electron chi connectivity index (χ3n) is 6.95. The number of hydrogen-bond acceptors (Lipinski definition) is 5. The van der Waals surface area contributed by atoms with Crippen molar-refractivity contribution in [2.24, 2.45) is 11.8 Å². The number of rotatable bonds is 6. The van der Waals surface area contributed by atoms with Crippen LogP contribution in [0.2, 0.25) is 0 Å². The molecule has 1 saturated carbocycles. The number of piperazine rings is 1. The quantitative estimate of drug-likeness (QED) is 0.725. The number of piperidine rings is 1. The van der Waals surface area contributed by atoms with Crippen LogP contribution in [-0.4, -0.2) is 67.4 Å². The SMILES string of the molecule is O=C(Nc1cccc(N2CCN(CC3CC3)CC2)c1)C1CCN(C(=O)c2cccs2)CC1. The number of thiophene rings is 1. The Labute approximate surface area is 194 Å². The lowest BCUT2D eigenvalue weighted by Gasteiger charge is -2.36. The third kappa shape index (κ3) is 5.15. The summed E-state index contributed by atoms with van der Waals surface area (Å²) in [6.45, 7) is 6.87. The van der Waals surface area contributed by atoms with Crippen LogP contribution in [-0.2, 0) is 4.79 Å². The molecule has 6 nitrogen and oxygen atoms in total. The maximum atomic E-state index is 12.9. The van der Waals surface area contributed by atoms with Crippen molar-refractivity contribution in [2.75, 3.05) is 56.0 Å². The lowest BCUT2D eigenvalue weighted by Crippen LogP contribution is -2.47. The van der Waals surface area contributed by atoms with E-state index in [9.17, 15) is 9.59 Å². The molecule has 0 atom stereocenters. The van der Waals surface area contributed by atoms with Crippen LogP contribution in [0.5, 0.6) is 0 Å². The van der Waals surface area contributed by atoms with E-state index < -0.39 is 0 Å². The van der Waals surface area contributed by atoms with Gasteiger partial charge in [-0.25, -0.2) is 0 Å². The molecule has 3 aliphatic rings. The lowest BCUT2D eigenvalue weighted by molar-refractivity contribution is -0.121. The van der Waals surface area contributed by atoms with Crippen LogP contribution in [0.3, 0.4) is 0 Å². The van der Waals surface area contributed by atoms with Crippen molar-refractivity contribution in [1.29, 1.82) is 0 Å². The normalized spacial score (nSPS) is 20.4. The van der Waals surface area contributed by atoms with Gasteiger partial charge in [-0.2, -0.15) is 0 Å². The molecule has 2 aliphatic heterocycles. The van der Waals surface area contributed by atoms with E-state index in [1.54, 1.807) is 0 Å². The van der Waals surface area contributed by atoms with Crippen LogP contribution in [0.1, 0.15) is 35.4 Å². The van der Waals surface area contributed by atoms with Gasteiger partial charge < -0.3 is 15.1 Å². The maximum Gasteiger partial charge on any atom is 0.263 e. The fraction of sp³-hybridized carbons (Fsp3) is 0.520. The minimum absolute atomic E-state index is 0.0444. The Morgan fingerprint density at radius 3 is 2.41 bits per heavy atom. The van der Waals surface area contributed by atoms with Crippen molar-refractivity contribution in [3.05, 3.63) is 46.7 Å². The molecule has 0 radical (unpaired) electrons. The summed E-state index contributed by atoms with van der Waals surface area (Å²) < 4.78 is 0.